The van der Waals surface area contributed by atoms with Crippen LogP contribution in [0.2, 0.25) is 0 Å². The number of benzene rings is 2. The maximum Gasteiger partial charge on any atom is 0.241 e. The molecule has 5 nitrogen and oxygen atoms in total. The van der Waals surface area contributed by atoms with Crippen LogP contribution in [-0.2, 0) is 23.1 Å². The molecule has 0 atom stereocenters. The lowest BCUT2D eigenvalue weighted by Gasteiger charge is -2.10. The highest BCUT2D eigenvalue weighted by Gasteiger charge is 2.16. The van der Waals surface area contributed by atoms with Crippen LogP contribution in [-0.4, -0.2) is 18.2 Å². The Labute approximate surface area is 148 Å². The highest BCUT2D eigenvalue weighted by molar-refractivity contribution is 7.89. The number of sulfonamides is 1. The summed E-state index contributed by atoms with van der Waals surface area (Å²) < 4.78 is 29.5. The fourth-order valence-electron chi connectivity index (χ4n) is 2.70. The summed E-state index contributed by atoms with van der Waals surface area (Å²) in [6.45, 7) is 4.71. The van der Waals surface area contributed by atoms with Gasteiger partial charge in [0.2, 0.25) is 10.0 Å². The molecule has 2 aromatic carbocycles. The van der Waals surface area contributed by atoms with Gasteiger partial charge in [0, 0.05) is 18.9 Å². The molecule has 1 N–H and O–H groups in total. The number of aryl methyl sites for hydroxylation is 2. The first-order valence-electron chi connectivity index (χ1n) is 8.06. The fourth-order valence-corrected chi connectivity index (χ4v) is 3.94. The second-order valence-electron chi connectivity index (χ2n) is 6.11. The molecule has 25 heavy (non-hydrogen) atoms. The fraction of sp³-hybridized carbons (Fsp3) is 0.211. The largest absolute Gasteiger partial charge is 0.268 e. The van der Waals surface area contributed by atoms with Crippen molar-refractivity contribution in [2.24, 2.45) is 0 Å². The first kappa shape index (κ1) is 17.4. The Morgan fingerprint density at radius 2 is 1.76 bits per heavy atom. The molecule has 0 aliphatic carbocycles. The van der Waals surface area contributed by atoms with Gasteiger partial charge in [0.05, 0.1) is 11.4 Å². The van der Waals surface area contributed by atoms with Crippen molar-refractivity contribution in [3.05, 3.63) is 83.2 Å². The predicted octanol–water partition coefficient (Wildman–Crippen LogP) is 3.03. The molecule has 6 heteroatoms. The zero-order valence-corrected chi connectivity index (χ0v) is 15.1. The van der Waals surface area contributed by atoms with Crippen molar-refractivity contribution in [3.63, 3.8) is 0 Å². The van der Waals surface area contributed by atoms with Crippen molar-refractivity contribution < 1.29 is 8.42 Å². The van der Waals surface area contributed by atoms with Crippen LogP contribution in [0.3, 0.4) is 0 Å². The van der Waals surface area contributed by atoms with Crippen molar-refractivity contribution >= 4 is 10.0 Å². The van der Waals surface area contributed by atoms with Gasteiger partial charge in [-0.2, -0.15) is 5.10 Å². The summed E-state index contributed by atoms with van der Waals surface area (Å²) in [4.78, 5) is 0.327. The average Bonchev–Trinajstić information content (AvgIpc) is 3.07. The summed E-state index contributed by atoms with van der Waals surface area (Å²) in [6.07, 6.45) is 3.65. The van der Waals surface area contributed by atoms with Gasteiger partial charge in [0.1, 0.15) is 0 Å². The summed E-state index contributed by atoms with van der Waals surface area (Å²) in [5.41, 5.74) is 3.83. The van der Waals surface area contributed by atoms with E-state index < -0.39 is 10.0 Å². The Kier molecular flexibility index (Phi) is 5.01. The van der Waals surface area contributed by atoms with Crippen LogP contribution in [0, 0.1) is 13.8 Å². The normalized spacial score (nSPS) is 11.6. The van der Waals surface area contributed by atoms with Crippen LogP contribution in [0.25, 0.3) is 0 Å². The summed E-state index contributed by atoms with van der Waals surface area (Å²) in [5, 5.41) is 4.18. The van der Waals surface area contributed by atoms with E-state index in [2.05, 4.69) is 9.82 Å². The van der Waals surface area contributed by atoms with Crippen molar-refractivity contribution in [2.45, 2.75) is 31.8 Å². The molecule has 0 radical (unpaired) electrons. The van der Waals surface area contributed by atoms with E-state index in [1.807, 2.05) is 67.2 Å². The molecule has 1 aromatic heterocycles. The SMILES string of the molecule is Cc1ccc(S(=O)(=O)NCc2ccc(Cn3cccn3)cc2)c(C)c1. The van der Waals surface area contributed by atoms with E-state index in [1.54, 1.807) is 12.3 Å². The molecular weight excluding hydrogens is 334 g/mol. The van der Waals surface area contributed by atoms with Crippen LogP contribution in [0.1, 0.15) is 22.3 Å². The second-order valence-corrected chi connectivity index (χ2v) is 7.85. The van der Waals surface area contributed by atoms with Gasteiger partial charge in [-0.05, 0) is 42.7 Å². The van der Waals surface area contributed by atoms with E-state index in [4.69, 9.17) is 0 Å². The lowest BCUT2D eigenvalue weighted by Crippen LogP contribution is -2.24. The third-order valence-corrected chi connectivity index (χ3v) is 5.57. The smallest absolute Gasteiger partial charge is 0.241 e. The zero-order chi connectivity index (χ0) is 17.9. The van der Waals surface area contributed by atoms with E-state index in [0.29, 0.717) is 11.4 Å². The highest BCUT2D eigenvalue weighted by atomic mass is 32.2. The molecule has 3 rings (SSSR count). The maximum atomic E-state index is 12.5. The van der Waals surface area contributed by atoms with Crippen molar-refractivity contribution in [2.75, 3.05) is 0 Å². The number of hydrogen-bond acceptors (Lipinski definition) is 3. The molecule has 0 saturated carbocycles. The van der Waals surface area contributed by atoms with Gasteiger partial charge < -0.3 is 0 Å². The Bertz CT molecular complexity index is 947. The quantitative estimate of drug-likeness (QED) is 0.739. The third kappa shape index (κ3) is 4.35. The molecule has 0 saturated heterocycles. The molecule has 0 aliphatic rings. The van der Waals surface area contributed by atoms with Crippen molar-refractivity contribution in [1.82, 2.24) is 14.5 Å². The van der Waals surface area contributed by atoms with Gasteiger partial charge in [0.25, 0.3) is 0 Å². The van der Waals surface area contributed by atoms with Crippen molar-refractivity contribution in [3.8, 4) is 0 Å². The molecule has 0 aliphatic heterocycles. The zero-order valence-electron chi connectivity index (χ0n) is 14.3. The molecule has 0 spiro atoms. The first-order chi connectivity index (χ1) is 11.9. The predicted molar refractivity (Wildman–Crippen MR) is 97.7 cm³/mol. The molecule has 0 fully saturated rings. The third-order valence-electron chi connectivity index (χ3n) is 4.01. The molecule has 0 amide bonds. The minimum Gasteiger partial charge on any atom is -0.268 e. The van der Waals surface area contributed by atoms with Gasteiger partial charge >= 0.3 is 0 Å². The first-order valence-corrected chi connectivity index (χ1v) is 9.54. The molecule has 0 bridgehead atoms. The number of nitrogens with zero attached hydrogens (tertiary/aromatic N) is 2. The lowest BCUT2D eigenvalue weighted by atomic mass is 10.1. The second kappa shape index (κ2) is 7.21. The van der Waals surface area contributed by atoms with Gasteiger partial charge in [-0.3, -0.25) is 4.68 Å². The Morgan fingerprint density at radius 1 is 1.04 bits per heavy atom. The number of aromatic nitrogens is 2. The summed E-state index contributed by atoms with van der Waals surface area (Å²) in [6, 6.07) is 15.1. The van der Waals surface area contributed by atoms with Crippen LogP contribution in [0.5, 0.6) is 0 Å². The van der Waals surface area contributed by atoms with Crippen LogP contribution in [0.4, 0.5) is 0 Å². The number of rotatable bonds is 6. The van der Waals surface area contributed by atoms with Crippen LogP contribution in [0.15, 0.2) is 65.8 Å². The van der Waals surface area contributed by atoms with Crippen molar-refractivity contribution in [1.29, 1.82) is 0 Å². The summed E-state index contributed by atoms with van der Waals surface area (Å²) >= 11 is 0. The minimum absolute atomic E-state index is 0.262. The van der Waals surface area contributed by atoms with Gasteiger partial charge in [-0.25, -0.2) is 13.1 Å². The summed E-state index contributed by atoms with van der Waals surface area (Å²) in [5.74, 6) is 0. The molecule has 3 aromatic rings. The Balaban J connectivity index is 1.66. The van der Waals surface area contributed by atoms with E-state index in [0.717, 1.165) is 22.3 Å². The Morgan fingerprint density at radius 3 is 2.40 bits per heavy atom. The minimum atomic E-state index is -3.52. The van der Waals surface area contributed by atoms with E-state index in [1.165, 1.54) is 0 Å². The maximum absolute atomic E-state index is 12.5. The van der Waals surface area contributed by atoms with Crippen LogP contribution >= 0.6 is 0 Å². The monoisotopic (exact) mass is 355 g/mol. The van der Waals surface area contributed by atoms with Gasteiger partial charge in [-0.1, -0.05) is 42.0 Å². The topological polar surface area (TPSA) is 64.0 Å². The van der Waals surface area contributed by atoms with E-state index >= 15 is 0 Å². The van der Waals surface area contributed by atoms with Gasteiger partial charge in [0.15, 0.2) is 0 Å². The average molecular weight is 355 g/mol. The van der Waals surface area contributed by atoms with E-state index in [-0.39, 0.29) is 6.54 Å². The van der Waals surface area contributed by atoms with Gasteiger partial charge in [-0.15, -0.1) is 0 Å². The summed E-state index contributed by atoms with van der Waals surface area (Å²) in [7, 11) is -3.52. The molecule has 0 unspecified atom stereocenters. The van der Waals surface area contributed by atoms with E-state index in [9.17, 15) is 8.42 Å². The Hall–Kier alpha value is -2.44. The lowest BCUT2D eigenvalue weighted by molar-refractivity contribution is 0.580. The number of hydrogen-bond donors (Lipinski definition) is 1. The van der Waals surface area contributed by atoms with Crippen LogP contribution < -0.4 is 4.72 Å². The molecule has 1 heterocycles. The number of nitrogens with one attached hydrogen (secondary N) is 1. The highest BCUT2D eigenvalue weighted by Crippen LogP contribution is 2.17. The standard InChI is InChI=1S/C19H21N3O2S/c1-15-4-9-19(16(2)12-15)25(23,24)21-13-17-5-7-18(8-6-17)14-22-11-3-10-20-22/h3-12,21H,13-14H2,1-2H3. The molecular formula is C19H21N3O2S. The molecule has 130 valence electrons.